The van der Waals surface area contributed by atoms with Gasteiger partial charge in [-0.3, -0.25) is 9.59 Å². The van der Waals surface area contributed by atoms with Crippen molar-refractivity contribution in [3.05, 3.63) is 35.4 Å². The van der Waals surface area contributed by atoms with Crippen molar-refractivity contribution in [1.82, 2.24) is 4.90 Å². The van der Waals surface area contributed by atoms with E-state index in [1.165, 1.54) is 24.1 Å². The molecule has 5 nitrogen and oxygen atoms in total. The zero-order valence-corrected chi connectivity index (χ0v) is 13.2. The highest BCUT2D eigenvalue weighted by atomic mass is 19.2. The number of carbonyl (C=O) groups excluding carboxylic acids is 1. The largest absolute Gasteiger partial charge is 0.481 e. The Morgan fingerprint density at radius 1 is 1.33 bits per heavy atom. The smallest absolute Gasteiger partial charge is 0.305 e. The van der Waals surface area contributed by atoms with Crippen molar-refractivity contribution in [2.24, 2.45) is 5.92 Å². The Morgan fingerprint density at radius 3 is 2.75 bits per heavy atom. The SMILES string of the molecule is COC1CC(CC(=O)O)N(C(=O)C2CC2c2cccc(F)c2F)C1. The van der Waals surface area contributed by atoms with Crippen molar-refractivity contribution in [2.45, 2.75) is 37.3 Å². The molecule has 7 heteroatoms. The van der Waals surface area contributed by atoms with Gasteiger partial charge in [0, 0.05) is 25.6 Å². The Kier molecular flexibility index (Phi) is 4.54. The first-order valence-electron chi connectivity index (χ1n) is 7.91. The van der Waals surface area contributed by atoms with E-state index in [1.807, 2.05) is 0 Å². The topological polar surface area (TPSA) is 66.8 Å². The molecule has 130 valence electrons. The minimum Gasteiger partial charge on any atom is -0.481 e. The molecule has 1 aromatic rings. The van der Waals surface area contributed by atoms with Gasteiger partial charge in [-0.2, -0.15) is 0 Å². The normalized spacial score (nSPS) is 28.9. The third-order valence-corrected chi connectivity index (χ3v) is 4.89. The Balaban J connectivity index is 1.72. The van der Waals surface area contributed by atoms with E-state index in [2.05, 4.69) is 0 Å². The predicted molar refractivity (Wildman–Crippen MR) is 80.4 cm³/mol. The highest BCUT2D eigenvalue weighted by molar-refractivity contribution is 5.84. The number of nitrogens with zero attached hydrogens (tertiary/aromatic N) is 1. The van der Waals surface area contributed by atoms with Gasteiger partial charge in [0.2, 0.25) is 5.91 Å². The molecule has 0 bridgehead atoms. The molecule has 1 heterocycles. The molecule has 1 aliphatic heterocycles. The summed E-state index contributed by atoms with van der Waals surface area (Å²) in [6, 6.07) is 3.55. The minimum absolute atomic E-state index is 0.142. The molecular weight excluding hydrogens is 320 g/mol. The molecular formula is C17H19F2NO4. The second kappa shape index (κ2) is 6.47. The second-order valence-electron chi connectivity index (χ2n) is 6.43. The van der Waals surface area contributed by atoms with Gasteiger partial charge in [-0.25, -0.2) is 8.78 Å². The van der Waals surface area contributed by atoms with Gasteiger partial charge < -0.3 is 14.7 Å². The highest BCUT2D eigenvalue weighted by Gasteiger charge is 2.50. The monoisotopic (exact) mass is 339 g/mol. The van der Waals surface area contributed by atoms with Crippen LogP contribution in [0.5, 0.6) is 0 Å². The summed E-state index contributed by atoms with van der Waals surface area (Å²) in [7, 11) is 1.53. The van der Waals surface area contributed by atoms with E-state index in [-0.39, 0.29) is 29.9 Å². The van der Waals surface area contributed by atoms with Gasteiger partial charge in [0.25, 0.3) is 0 Å². The lowest BCUT2D eigenvalue weighted by Gasteiger charge is -2.23. The number of halogens is 2. The zero-order valence-electron chi connectivity index (χ0n) is 13.2. The fraction of sp³-hybridized carbons (Fsp3) is 0.529. The van der Waals surface area contributed by atoms with Crippen LogP contribution < -0.4 is 0 Å². The van der Waals surface area contributed by atoms with E-state index in [1.54, 1.807) is 0 Å². The summed E-state index contributed by atoms with van der Waals surface area (Å²) >= 11 is 0. The average Bonchev–Trinajstić information content (AvgIpc) is 3.23. The van der Waals surface area contributed by atoms with Crippen LogP contribution in [0.2, 0.25) is 0 Å². The quantitative estimate of drug-likeness (QED) is 0.893. The first-order valence-corrected chi connectivity index (χ1v) is 7.91. The summed E-state index contributed by atoms with van der Waals surface area (Å²) in [5.74, 6) is -3.77. The third kappa shape index (κ3) is 3.13. The number of amides is 1. The molecule has 24 heavy (non-hydrogen) atoms. The Hall–Kier alpha value is -2.02. The van der Waals surface area contributed by atoms with Crippen LogP contribution in [0, 0.1) is 17.6 Å². The fourth-order valence-electron chi connectivity index (χ4n) is 3.54. The van der Waals surface area contributed by atoms with Crippen molar-refractivity contribution < 1.29 is 28.2 Å². The van der Waals surface area contributed by atoms with Gasteiger partial charge in [-0.1, -0.05) is 12.1 Å². The van der Waals surface area contributed by atoms with Crippen LogP contribution in [-0.4, -0.2) is 47.7 Å². The summed E-state index contributed by atoms with van der Waals surface area (Å²) in [6.07, 6.45) is 0.589. The summed E-state index contributed by atoms with van der Waals surface area (Å²) in [5.41, 5.74) is 0.214. The number of likely N-dealkylation sites (tertiary alicyclic amines) is 1. The molecule has 1 amide bonds. The molecule has 1 N–H and O–H groups in total. The number of methoxy groups -OCH3 is 1. The van der Waals surface area contributed by atoms with Gasteiger partial charge in [-0.15, -0.1) is 0 Å². The van der Waals surface area contributed by atoms with E-state index in [0.29, 0.717) is 19.4 Å². The summed E-state index contributed by atoms with van der Waals surface area (Å²) < 4.78 is 32.5. The first kappa shape index (κ1) is 16.8. The van der Waals surface area contributed by atoms with Crippen molar-refractivity contribution >= 4 is 11.9 Å². The van der Waals surface area contributed by atoms with Crippen LogP contribution in [0.15, 0.2) is 18.2 Å². The van der Waals surface area contributed by atoms with Crippen molar-refractivity contribution in [3.8, 4) is 0 Å². The number of carboxylic acid groups (broad SMARTS) is 1. The standard InChI is InChI=1S/C17H19F2NO4/c1-24-10-5-9(6-15(21)22)20(8-10)17(23)13-7-12(13)11-3-2-4-14(18)16(11)19/h2-4,9-10,12-13H,5-8H2,1H3,(H,21,22). The number of ether oxygens (including phenoxy) is 1. The average molecular weight is 339 g/mol. The van der Waals surface area contributed by atoms with Gasteiger partial charge in [0.15, 0.2) is 11.6 Å². The van der Waals surface area contributed by atoms with Crippen LogP contribution in [0.1, 0.15) is 30.7 Å². The van der Waals surface area contributed by atoms with Crippen LogP contribution in [0.3, 0.4) is 0 Å². The lowest BCUT2D eigenvalue weighted by Crippen LogP contribution is -2.38. The number of hydrogen-bond acceptors (Lipinski definition) is 3. The first-order chi connectivity index (χ1) is 11.4. The maximum absolute atomic E-state index is 13.9. The van der Waals surface area contributed by atoms with Crippen LogP contribution in [0.25, 0.3) is 0 Å². The van der Waals surface area contributed by atoms with E-state index >= 15 is 0 Å². The maximum Gasteiger partial charge on any atom is 0.305 e. The number of carbonyl (C=O) groups is 2. The summed E-state index contributed by atoms with van der Waals surface area (Å²) in [6.45, 7) is 0.335. The van der Waals surface area contributed by atoms with Crippen LogP contribution in [0.4, 0.5) is 8.78 Å². The molecule has 1 saturated carbocycles. The number of benzene rings is 1. The molecule has 1 saturated heterocycles. The van der Waals surface area contributed by atoms with Gasteiger partial charge in [-0.05, 0) is 30.4 Å². The van der Waals surface area contributed by atoms with E-state index in [4.69, 9.17) is 9.84 Å². The summed E-state index contributed by atoms with van der Waals surface area (Å²) in [4.78, 5) is 25.2. The van der Waals surface area contributed by atoms with Crippen molar-refractivity contribution in [1.29, 1.82) is 0 Å². The Morgan fingerprint density at radius 2 is 2.08 bits per heavy atom. The minimum atomic E-state index is -0.974. The predicted octanol–water partition coefficient (Wildman–Crippen LogP) is 2.16. The van der Waals surface area contributed by atoms with Gasteiger partial charge in [0.05, 0.1) is 12.5 Å². The van der Waals surface area contributed by atoms with Crippen LogP contribution in [-0.2, 0) is 14.3 Å². The molecule has 1 aromatic carbocycles. The molecule has 0 radical (unpaired) electrons. The van der Waals surface area contributed by atoms with E-state index < -0.39 is 29.6 Å². The number of hydrogen-bond donors (Lipinski definition) is 1. The van der Waals surface area contributed by atoms with Crippen LogP contribution >= 0.6 is 0 Å². The maximum atomic E-state index is 13.9. The van der Waals surface area contributed by atoms with Crippen molar-refractivity contribution in [3.63, 3.8) is 0 Å². The number of aliphatic carboxylic acids is 1. The van der Waals surface area contributed by atoms with Gasteiger partial charge >= 0.3 is 5.97 Å². The fourth-order valence-corrected chi connectivity index (χ4v) is 3.54. The molecule has 2 fully saturated rings. The molecule has 1 aliphatic carbocycles. The molecule has 4 atom stereocenters. The zero-order chi connectivity index (χ0) is 17.4. The Bertz CT molecular complexity index is 666. The molecule has 2 aliphatic rings. The Labute approximate surface area is 138 Å². The second-order valence-corrected chi connectivity index (χ2v) is 6.43. The molecule has 0 spiro atoms. The lowest BCUT2D eigenvalue weighted by atomic mass is 10.1. The number of rotatable bonds is 5. The number of carboxylic acids is 1. The highest BCUT2D eigenvalue weighted by Crippen LogP contribution is 2.50. The molecule has 4 unspecified atom stereocenters. The third-order valence-electron chi connectivity index (χ3n) is 4.89. The van der Waals surface area contributed by atoms with E-state index in [9.17, 15) is 18.4 Å². The summed E-state index contributed by atoms with van der Waals surface area (Å²) in [5, 5.41) is 9.01. The van der Waals surface area contributed by atoms with Crippen molar-refractivity contribution in [2.75, 3.05) is 13.7 Å². The van der Waals surface area contributed by atoms with E-state index in [0.717, 1.165) is 6.07 Å². The lowest BCUT2D eigenvalue weighted by molar-refractivity contribution is -0.140. The molecule has 3 rings (SSSR count). The molecule has 0 aromatic heterocycles. The van der Waals surface area contributed by atoms with Gasteiger partial charge in [0.1, 0.15) is 0 Å².